The van der Waals surface area contributed by atoms with Crippen molar-refractivity contribution in [2.24, 2.45) is 0 Å². The fraction of sp³-hybridized carbons (Fsp3) is 0.235. The molecule has 1 aliphatic rings. The van der Waals surface area contributed by atoms with Crippen molar-refractivity contribution in [1.29, 1.82) is 0 Å². The number of ether oxygens (including phenoxy) is 1. The van der Waals surface area contributed by atoms with E-state index in [-0.39, 0.29) is 11.7 Å². The van der Waals surface area contributed by atoms with Gasteiger partial charge in [-0.3, -0.25) is 4.79 Å². The Bertz CT molecular complexity index is 932. The molecule has 0 spiro atoms. The summed E-state index contributed by atoms with van der Waals surface area (Å²) >= 11 is 1.34. The fourth-order valence-electron chi connectivity index (χ4n) is 2.79. The van der Waals surface area contributed by atoms with Crippen LogP contribution in [0.15, 0.2) is 42.7 Å². The molecule has 0 bridgehead atoms. The Hall–Kier alpha value is -2.74. The number of nitrogens with zero attached hydrogens (tertiary/aromatic N) is 3. The van der Waals surface area contributed by atoms with Crippen LogP contribution in [0.5, 0.6) is 5.19 Å². The summed E-state index contributed by atoms with van der Waals surface area (Å²) in [7, 11) is 1.55. The van der Waals surface area contributed by atoms with Gasteiger partial charge >= 0.3 is 0 Å². The normalized spacial score (nSPS) is 15.0. The molecule has 0 saturated heterocycles. The van der Waals surface area contributed by atoms with E-state index in [0.29, 0.717) is 29.4 Å². The molecule has 8 heteroatoms. The lowest BCUT2D eigenvalue weighted by atomic mass is 9.94. The van der Waals surface area contributed by atoms with E-state index in [1.807, 2.05) is 0 Å². The Morgan fingerprint density at radius 3 is 2.84 bits per heavy atom. The van der Waals surface area contributed by atoms with E-state index in [4.69, 9.17) is 4.74 Å². The van der Waals surface area contributed by atoms with Crippen LogP contribution in [-0.2, 0) is 10.2 Å². The van der Waals surface area contributed by atoms with Gasteiger partial charge in [-0.15, -0.1) is 5.10 Å². The van der Waals surface area contributed by atoms with Crippen molar-refractivity contribution in [3.05, 3.63) is 54.1 Å². The lowest BCUT2D eigenvalue weighted by Gasteiger charge is -2.15. The van der Waals surface area contributed by atoms with Crippen LogP contribution in [0.2, 0.25) is 0 Å². The van der Waals surface area contributed by atoms with Crippen molar-refractivity contribution in [1.82, 2.24) is 14.8 Å². The highest BCUT2D eigenvalue weighted by molar-refractivity contribution is 7.15. The first-order chi connectivity index (χ1) is 12.1. The van der Waals surface area contributed by atoms with Crippen LogP contribution in [0.4, 0.5) is 10.2 Å². The lowest BCUT2D eigenvalue weighted by Crippen LogP contribution is -2.28. The number of hydrogen-bond donors (Lipinski definition) is 1. The number of amides is 1. The maximum absolute atomic E-state index is 14.1. The molecular formula is C17H15FN4O2S. The number of methoxy groups -OCH3 is 1. The average molecular weight is 358 g/mol. The molecule has 0 unspecified atom stereocenters. The van der Waals surface area contributed by atoms with Crippen LogP contribution >= 0.6 is 11.3 Å². The molecule has 25 heavy (non-hydrogen) atoms. The molecule has 0 aliphatic heterocycles. The SMILES string of the molecule is COc1ncc(-n2ccc(NC(=O)C3(c4ccccc4F)CC3)n2)s1. The molecule has 2 aromatic heterocycles. The second-order valence-corrected chi connectivity index (χ2v) is 6.80. The van der Waals surface area contributed by atoms with E-state index in [0.717, 1.165) is 5.00 Å². The minimum absolute atomic E-state index is 0.232. The summed E-state index contributed by atoms with van der Waals surface area (Å²) in [6.45, 7) is 0. The van der Waals surface area contributed by atoms with E-state index in [9.17, 15) is 9.18 Å². The summed E-state index contributed by atoms with van der Waals surface area (Å²) < 4.78 is 20.7. The molecule has 1 saturated carbocycles. The van der Waals surface area contributed by atoms with Gasteiger partial charge < -0.3 is 10.1 Å². The number of thiazole rings is 1. The first-order valence-electron chi connectivity index (χ1n) is 7.75. The predicted molar refractivity (Wildman–Crippen MR) is 91.7 cm³/mol. The molecule has 1 aromatic carbocycles. The van der Waals surface area contributed by atoms with Gasteiger partial charge in [0, 0.05) is 17.8 Å². The van der Waals surface area contributed by atoms with Crippen LogP contribution in [0.1, 0.15) is 18.4 Å². The predicted octanol–water partition coefficient (Wildman–Crippen LogP) is 3.15. The van der Waals surface area contributed by atoms with Crippen molar-refractivity contribution >= 4 is 23.1 Å². The second kappa shape index (κ2) is 5.96. The molecule has 128 valence electrons. The number of hydrogen-bond acceptors (Lipinski definition) is 5. The average Bonchev–Trinajstić information content (AvgIpc) is 3.05. The summed E-state index contributed by atoms with van der Waals surface area (Å²) in [4.78, 5) is 16.8. The summed E-state index contributed by atoms with van der Waals surface area (Å²) in [6, 6.07) is 8.12. The molecule has 1 N–H and O–H groups in total. The van der Waals surface area contributed by atoms with Gasteiger partial charge in [0.1, 0.15) is 10.8 Å². The minimum Gasteiger partial charge on any atom is -0.473 e. The number of aromatic nitrogens is 3. The number of carbonyl (C=O) groups excluding carboxylic acids is 1. The van der Waals surface area contributed by atoms with Crippen molar-refractivity contribution in [3.8, 4) is 10.2 Å². The molecule has 6 nitrogen and oxygen atoms in total. The Balaban J connectivity index is 1.53. The van der Waals surface area contributed by atoms with Gasteiger partial charge in [0.25, 0.3) is 5.19 Å². The first-order valence-corrected chi connectivity index (χ1v) is 8.56. The van der Waals surface area contributed by atoms with E-state index < -0.39 is 5.41 Å². The molecule has 1 aliphatic carbocycles. The van der Waals surface area contributed by atoms with E-state index in [2.05, 4.69) is 15.4 Å². The van der Waals surface area contributed by atoms with Crippen LogP contribution < -0.4 is 10.1 Å². The second-order valence-electron chi connectivity index (χ2n) is 5.83. The highest BCUT2D eigenvalue weighted by atomic mass is 32.1. The standard InChI is InChI=1S/C17H15FN4O2S/c1-24-16-19-10-14(25-16)22-9-6-13(21-22)20-15(23)17(7-8-17)11-4-2-3-5-12(11)18/h2-6,9-10H,7-8H2,1H3,(H,20,21,23). The van der Waals surface area contributed by atoms with E-state index in [1.165, 1.54) is 17.4 Å². The highest BCUT2D eigenvalue weighted by Gasteiger charge is 2.52. The third-order valence-corrected chi connectivity index (χ3v) is 5.23. The van der Waals surface area contributed by atoms with Crippen molar-refractivity contribution < 1.29 is 13.9 Å². The zero-order valence-corrected chi connectivity index (χ0v) is 14.2. The zero-order valence-electron chi connectivity index (χ0n) is 13.4. The molecule has 0 radical (unpaired) electrons. The molecule has 1 amide bonds. The maximum Gasteiger partial charge on any atom is 0.274 e. The number of carbonyl (C=O) groups is 1. The highest BCUT2D eigenvalue weighted by Crippen LogP contribution is 2.49. The van der Waals surface area contributed by atoms with Crippen molar-refractivity contribution in [2.45, 2.75) is 18.3 Å². The van der Waals surface area contributed by atoms with Crippen LogP contribution in [0.3, 0.4) is 0 Å². The maximum atomic E-state index is 14.1. The topological polar surface area (TPSA) is 69.0 Å². The van der Waals surface area contributed by atoms with Crippen LogP contribution in [0, 0.1) is 5.82 Å². The van der Waals surface area contributed by atoms with Gasteiger partial charge in [0.15, 0.2) is 5.82 Å². The quantitative estimate of drug-likeness (QED) is 0.761. The lowest BCUT2D eigenvalue weighted by molar-refractivity contribution is -0.118. The largest absolute Gasteiger partial charge is 0.473 e. The van der Waals surface area contributed by atoms with Gasteiger partial charge in [-0.1, -0.05) is 29.5 Å². The van der Waals surface area contributed by atoms with E-state index in [1.54, 1.807) is 48.5 Å². The summed E-state index contributed by atoms with van der Waals surface area (Å²) in [6.07, 6.45) is 4.63. The van der Waals surface area contributed by atoms with Gasteiger partial charge in [0.2, 0.25) is 5.91 Å². The third-order valence-electron chi connectivity index (χ3n) is 4.28. The number of anilines is 1. The molecule has 3 aromatic rings. The van der Waals surface area contributed by atoms with Crippen molar-refractivity contribution in [3.63, 3.8) is 0 Å². The van der Waals surface area contributed by atoms with Crippen molar-refractivity contribution in [2.75, 3.05) is 12.4 Å². The number of benzene rings is 1. The molecule has 2 heterocycles. The summed E-state index contributed by atoms with van der Waals surface area (Å²) in [5.74, 6) is -0.165. The molecule has 0 atom stereocenters. The van der Waals surface area contributed by atoms with Gasteiger partial charge in [-0.05, 0) is 18.9 Å². The number of nitrogens with one attached hydrogen (secondary N) is 1. The Morgan fingerprint density at radius 2 is 2.16 bits per heavy atom. The summed E-state index contributed by atoms with van der Waals surface area (Å²) in [5, 5.41) is 8.43. The molecular weight excluding hydrogens is 343 g/mol. The molecule has 4 rings (SSSR count). The van der Waals surface area contributed by atoms with Gasteiger partial charge in [0.05, 0.1) is 18.7 Å². The minimum atomic E-state index is -0.789. The fourth-order valence-corrected chi connectivity index (χ4v) is 3.46. The number of halogens is 1. The van der Waals surface area contributed by atoms with Crippen LogP contribution in [-0.4, -0.2) is 27.8 Å². The number of rotatable bonds is 5. The van der Waals surface area contributed by atoms with Gasteiger partial charge in [-0.2, -0.15) is 0 Å². The Morgan fingerprint density at radius 1 is 1.36 bits per heavy atom. The zero-order chi connectivity index (χ0) is 17.4. The molecule has 1 fully saturated rings. The summed E-state index contributed by atoms with van der Waals surface area (Å²) in [5.41, 5.74) is -0.345. The Kier molecular flexibility index (Phi) is 3.76. The monoisotopic (exact) mass is 358 g/mol. The first kappa shape index (κ1) is 15.8. The Labute approximate surface area is 147 Å². The third kappa shape index (κ3) is 2.78. The van der Waals surface area contributed by atoms with Gasteiger partial charge in [-0.25, -0.2) is 14.1 Å². The van der Waals surface area contributed by atoms with E-state index >= 15 is 0 Å². The smallest absolute Gasteiger partial charge is 0.274 e. The van der Waals surface area contributed by atoms with Crippen LogP contribution in [0.25, 0.3) is 5.00 Å².